The first kappa shape index (κ1) is 21.6. The lowest BCUT2D eigenvalue weighted by atomic mass is 10.1. The Morgan fingerprint density at radius 1 is 1.17 bits per heavy atom. The summed E-state index contributed by atoms with van der Waals surface area (Å²) in [6.07, 6.45) is 2.63. The molecule has 0 spiro atoms. The highest BCUT2D eigenvalue weighted by molar-refractivity contribution is 7.92. The summed E-state index contributed by atoms with van der Waals surface area (Å²) in [6, 6.07) is 5.14. The molecule has 8 nitrogen and oxygen atoms in total. The van der Waals surface area contributed by atoms with E-state index in [9.17, 15) is 18.0 Å². The van der Waals surface area contributed by atoms with Crippen molar-refractivity contribution in [3.8, 4) is 0 Å². The Morgan fingerprint density at radius 2 is 1.93 bits per heavy atom. The van der Waals surface area contributed by atoms with Gasteiger partial charge in [-0.25, -0.2) is 8.42 Å². The fourth-order valence-electron chi connectivity index (χ4n) is 4.21. The molecule has 160 valence electrons. The molecule has 0 saturated carbocycles. The van der Waals surface area contributed by atoms with E-state index in [-0.39, 0.29) is 17.9 Å². The fourth-order valence-corrected chi connectivity index (χ4v) is 5.48. The molecule has 1 fully saturated rings. The topological polar surface area (TPSA) is 90.0 Å². The van der Waals surface area contributed by atoms with Crippen molar-refractivity contribution >= 4 is 27.5 Å². The van der Waals surface area contributed by atoms with Gasteiger partial charge in [-0.3, -0.25) is 18.8 Å². The second kappa shape index (κ2) is 8.71. The molecule has 0 aliphatic carbocycles. The number of hydrogen-bond acceptors (Lipinski definition) is 5. The molecule has 1 atom stereocenters. The van der Waals surface area contributed by atoms with Crippen LogP contribution in [0.3, 0.4) is 0 Å². The number of likely N-dealkylation sites (N-methyl/N-ethyl adjacent to an activating group) is 1. The van der Waals surface area contributed by atoms with Crippen molar-refractivity contribution in [3.05, 3.63) is 29.3 Å². The van der Waals surface area contributed by atoms with Crippen LogP contribution in [0.4, 0.5) is 5.69 Å². The number of nitrogens with zero attached hydrogens (tertiary/aromatic N) is 3. The third-order valence-corrected chi connectivity index (χ3v) is 6.72. The number of sulfonamides is 1. The van der Waals surface area contributed by atoms with Crippen molar-refractivity contribution in [3.63, 3.8) is 0 Å². The Labute approximate surface area is 172 Å². The zero-order valence-corrected chi connectivity index (χ0v) is 18.2. The molecule has 2 heterocycles. The highest BCUT2D eigenvalue weighted by atomic mass is 32.2. The van der Waals surface area contributed by atoms with Gasteiger partial charge >= 0.3 is 0 Å². The largest absolute Gasteiger partial charge is 0.355 e. The molecular formula is C20H30N4O4S. The summed E-state index contributed by atoms with van der Waals surface area (Å²) in [6.45, 7) is 7.40. The van der Waals surface area contributed by atoms with Crippen LogP contribution in [0.2, 0.25) is 0 Å². The number of hydrogen-bond donors (Lipinski definition) is 1. The summed E-state index contributed by atoms with van der Waals surface area (Å²) in [4.78, 5) is 28.8. The van der Waals surface area contributed by atoms with Crippen LogP contribution in [0.5, 0.6) is 0 Å². The second-order valence-corrected chi connectivity index (χ2v) is 9.69. The van der Waals surface area contributed by atoms with E-state index in [2.05, 4.69) is 10.2 Å². The molecule has 1 N–H and O–H groups in total. The number of anilines is 1. The van der Waals surface area contributed by atoms with Crippen LogP contribution in [0.1, 0.15) is 36.2 Å². The van der Waals surface area contributed by atoms with Gasteiger partial charge in [-0.05, 0) is 50.5 Å². The Hall–Kier alpha value is -2.13. The number of nitrogens with one attached hydrogen (secondary N) is 1. The summed E-state index contributed by atoms with van der Waals surface area (Å²) < 4.78 is 25.6. The van der Waals surface area contributed by atoms with Crippen LogP contribution in [0.15, 0.2) is 18.2 Å². The van der Waals surface area contributed by atoms with Crippen molar-refractivity contribution in [1.82, 2.24) is 15.1 Å². The van der Waals surface area contributed by atoms with E-state index in [1.165, 1.54) is 10.6 Å². The lowest BCUT2D eigenvalue weighted by molar-refractivity contribution is -0.122. The first-order chi connectivity index (χ1) is 13.7. The Bertz CT molecular complexity index is 886. The van der Waals surface area contributed by atoms with Crippen LogP contribution >= 0.6 is 0 Å². The number of amides is 2. The summed E-state index contributed by atoms with van der Waals surface area (Å²) in [5.74, 6) is -0.0337. The number of fused-ring (bicyclic) bond motifs is 1. The van der Waals surface area contributed by atoms with Crippen molar-refractivity contribution in [2.45, 2.75) is 32.7 Å². The van der Waals surface area contributed by atoms with E-state index in [0.29, 0.717) is 50.4 Å². The lowest BCUT2D eigenvalue weighted by Gasteiger charge is -2.23. The van der Waals surface area contributed by atoms with Gasteiger partial charge < -0.3 is 10.2 Å². The Balaban J connectivity index is 1.69. The molecule has 0 bridgehead atoms. The molecule has 2 aliphatic rings. The standard InChI is InChI=1S/C20H30N4O4S/c1-4-21-19(25)14-22-8-5-9-23(11-10-22)20(26)16-6-7-18-17(13-16)12-15(2)24(18)29(3,27)28/h6-7,13,15H,4-5,8-12,14H2,1-3H3,(H,21,25). The predicted molar refractivity (Wildman–Crippen MR) is 113 cm³/mol. The number of carbonyl (C=O) groups is 2. The average Bonchev–Trinajstić information content (AvgIpc) is 2.81. The maximum Gasteiger partial charge on any atom is 0.253 e. The van der Waals surface area contributed by atoms with Gasteiger partial charge in [0.05, 0.1) is 18.5 Å². The second-order valence-electron chi connectivity index (χ2n) is 7.83. The van der Waals surface area contributed by atoms with Crippen LogP contribution < -0.4 is 9.62 Å². The number of carbonyl (C=O) groups excluding carboxylic acids is 2. The maximum absolute atomic E-state index is 13.0. The maximum atomic E-state index is 13.0. The Morgan fingerprint density at radius 3 is 2.62 bits per heavy atom. The van der Waals surface area contributed by atoms with Crippen LogP contribution in [0.25, 0.3) is 0 Å². The zero-order chi connectivity index (χ0) is 21.2. The van der Waals surface area contributed by atoms with E-state index in [1.54, 1.807) is 12.1 Å². The monoisotopic (exact) mass is 422 g/mol. The molecule has 1 aromatic carbocycles. The average molecular weight is 423 g/mol. The van der Waals surface area contributed by atoms with Crippen molar-refractivity contribution < 1.29 is 18.0 Å². The van der Waals surface area contributed by atoms with Gasteiger partial charge in [0.15, 0.2) is 0 Å². The SMILES string of the molecule is CCNC(=O)CN1CCCN(C(=O)c2ccc3c(c2)CC(C)N3S(C)(=O)=O)CC1. The molecule has 29 heavy (non-hydrogen) atoms. The first-order valence-corrected chi connectivity index (χ1v) is 12.0. The molecule has 1 unspecified atom stereocenters. The molecule has 2 aliphatic heterocycles. The van der Waals surface area contributed by atoms with Gasteiger partial charge in [-0.2, -0.15) is 0 Å². The van der Waals surface area contributed by atoms with E-state index in [1.807, 2.05) is 24.8 Å². The van der Waals surface area contributed by atoms with Crippen LogP contribution in [0, 0.1) is 0 Å². The quantitative estimate of drug-likeness (QED) is 0.754. The van der Waals surface area contributed by atoms with Gasteiger partial charge in [0, 0.05) is 44.3 Å². The third-order valence-electron chi connectivity index (χ3n) is 5.45. The van der Waals surface area contributed by atoms with E-state index in [4.69, 9.17) is 0 Å². The number of rotatable bonds is 5. The third kappa shape index (κ3) is 4.90. The molecule has 1 aromatic rings. The lowest BCUT2D eigenvalue weighted by Crippen LogP contribution is -2.40. The minimum absolute atomic E-state index is 0.00968. The minimum Gasteiger partial charge on any atom is -0.355 e. The van der Waals surface area contributed by atoms with Crippen LogP contribution in [-0.2, 0) is 21.2 Å². The molecule has 9 heteroatoms. The number of benzene rings is 1. The van der Waals surface area contributed by atoms with Crippen molar-refractivity contribution in [2.75, 3.05) is 49.8 Å². The summed E-state index contributed by atoms with van der Waals surface area (Å²) in [7, 11) is -3.34. The summed E-state index contributed by atoms with van der Waals surface area (Å²) in [5.41, 5.74) is 2.14. The van der Waals surface area contributed by atoms with Gasteiger partial charge in [-0.15, -0.1) is 0 Å². The Kier molecular flexibility index (Phi) is 6.48. The molecule has 1 saturated heterocycles. The van der Waals surface area contributed by atoms with Gasteiger partial charge in [-0.1, -0.05) is 0 Å². The predicted octanol–water partition coefficient (Wildman–Crippen LogP) is 0.681. The summed E-state index contributed by atoms with van der Waals surface area (Å²) >= 11 is 0. The van der Waals surface area contributed by atoms with Crippen LogP contribution in [-0.4, -0.2) is 81.6 Å². The van der Waals surface area contributed by atoms with Gasteiger partial charge in [0.1, 0.15) is 0 Å². The van der Waals surface area contributed by atoms with Crippen molar-refractivity contribution in [1.29, 1.82) is 0 Å². The normalized spacial score (nSPS) is 20.3. The zero-order valence-electron chi connectivity index (χ0n) is 17.3. The highest BCUT2D eigenvalue weighted by Gasteiger charge is 2.33. The molecule has 3 rings (SSSR count). The van der Waals surface area contributed by atoms with E-state index < -0.39 is 10.0 Å². The van der Waals surface area contributed by atoms with E-state index >= 15 is 0 Å². The van der Waals surface area contributed by atoms with E-state index in [0.717, 1.165) is 18.5 Å². The molecule has 0 aromatic heterocycles. The first-order valence-electron chi connectivity index (χ1n) is 10.1. The fraction of sp³-hybridized carbons (Fsp3) is 0.600. The molecule has 2 amide bonds. The van der Waals surface area contributed by atoms with Crippen molar-refractivity contribution in [2.24, 2.45) is 0 Å². The van der Waals surface area contributed by atoms with Gasteiger partial charge in [0.2, 0.25) is 15.9 Å². The smallest absolute Gasteiger partial charge is 0.253 e. The molecular weight excluding hydrogens is 392 g/mol. The van der Waals surface area contributed by atoms with Gasteiger partial charge in [0.25, 0.3) is 5.91 Å². The summed E-state index contributed by atoms with van der Waals surface area (Å²) in [5, 5.41) is 2.81. The highest BCUT2D eigenvalue weighted by Crippen LogP contribution is 2.34. The molecule has 0 radical (unpaired) electrons. The minimum atomic E-state index is -3.34.